The predicted octanol–water partition coefficient (Wildman–Crippen LogP) is -0.471. The minimum atomic E-state index is -0.818. The predicted molar refractivity (Wildman–Crippen MR) is 68.0 cm³/mol. The van der Waals surface area contributed by atoms with Gasteiger partial charge in [0.25, 0.3) is 0 Å². The number of piperazine rings is 1. The van der Waals surface area contributed by atoms with Gasteiger partial charge in [0.05, 0.1) is 25.8 Å². The van der Waals surface area contributed by atoms with Crippen LogP contribution in [0, 0.1) is 0 Å². The number of amides is 2. The summed E-state index contributed by atoms with van der Waals surface area (Å²) in [5.74, 6) is -0.818. The fraction of sp³-hybridized carbons (Fsp3) is 0.833. The highest BCUT2D eigenvalue weighted by molar-refractivity contribution is 5.75. The minimum Gasteiger partial charge on any atom is -0.480 e. The Kier molecular flexibility index (Phi) is 4.60. The van der Waals surface area contributed by atoms with Gasteiger partial charge in [0.2, 0.25) is 0 Å². The molecule has 0 aromatic heterocycles. The molecule has 0 spiro atoms. The molecule has 2 aliphatic rings. The lowest BCUT2D eigenvalue weighted by atomic mass is 10.2. The fourth-order valence-corrected chi connectivity index (χ4v) is 2.48. The molecule has 2 aliphatic heterocycles. The van der Waals surface area contributed by atoms with Crippen LogP contribution in [-0.2, 0) is 9.53 Å². The highest BCUT2D eigenvalue weighted by atomic mass is 16.5. The molecule has 1 unspecified atom stereocenters. The van der Waals surface area contributed by atoms with Crippen molar-refractivity contribution in [3.8, 4) is 0 Å². The Morgan fingerprint density at radius 2 is 1.89 bits per heavy atom. The van der Waals surface area contributed by atoms with Gasteiger partial charge in [0.15, 0.2) is 0 Å². The number of carbonyl (C=O) groups is 2. The van der Waals surface area contributed by atoms with Gasteiger partial charge in [0, 0.05) is 32.7 Å². The number of aliphatic carboxylic acids is 1. The van der Waals surface area contributed by atoms with E-state index in [0.717, 1.165) is 0 Å². The molecule has 0 aliphatic carbocycles. The summed E-state index contributed by atoms with van der Waals surface area (Å²) in [7, 11) is 0. The quantitative estimate of drug-likeness (QED) is 0.735. The van der Waals surface area contributed by atoms with E-state index in [1.54, 1.807) is 4.90 Å². The largest absolute Gasteiger partial charge is 0.480 e. The van der Waals surface area contributed by atoms with Crippen molar-refractivity contribution < 1.29 is 19.4 Å². The van der Waals surface area contributed by atoms with Crippen molar-refractivity contribution in [3.63, 3.8) is 0 Å². The van der Waals surface area contributed by atoms with E-state index in [9.17, 15) is 9.59 Å². The molecule has 108 valence electrons. The first-order valence-electron chi connectivity index (χ1n) is 6.65. The summed E-state index contributed by atoms with van der Waals surface area (Å²) in [4.78, 5) is 28.5. The van der Waals surface area contributed by atoms with E-state index >= 15 is 0 Å². The summed E-state index contributed by atoms with van der Waals surface area (Å²) in [6.07, 6.45) is 0. The van der Waals surface area contributed by atoms with E-state index in [4.69, 9.17) is 9.84 Å². The van der Waals surface area contributed by atoms with Gasteiger partial charge in [-0.2, -0.15) is 0 Å². The summed E-state index contributed by atoms with van der Waals surface area (Å²) in [5.41, 5.74) is 0. The summed E-state index contributed by atoms with van der Waals surface area (Å²) >= 11 is 0. The molecule has 0 saturated carbocycles. The number of urea groups is 1. The number of hydrogen-bond donors (Lipinski definition) is 1. The monoisotopic (exact) mass is 271 g/mol. The number of hydrogen-bond acceptors (Lipinski definition) is 4. The summed E-state index contributed by atoms with van der Waals surface area (Å²) in [5, 5.41) is 8.74. The molecule has 1 N–H and O–H groups in total. The van der Waals surface area contributed by atoms with Gasteiger partial charge >= 0.3 is 12.0 Å². The zero-order valence-corrected chi connectivity index (χ0v) is 11.2. The molecule has 2 amide bonds. The first-order chi connectivity index (χ1) is 9.08. The van der Waals surface area contributed by atoms with Gasteiger partial charge in [-0.3, -0.25) is 9.69 Å². The van der Waals surface area contributed by atoms with E-state index < -0.39 is 5.97 Å². The van der Waals surface area contributed by atoms with Crippen molar-refractivity contribution in [2.24, 2.45) is 0 Å². The molecular formula is C12H21N3O4. The molecule has 0 radical (unpaired) electrons. The third-order valence-electron chi connectivity index (χ3n) is 3.62. The summed E-state index contributed by atoms with van der Waals surface area (Å²) in [6.45, 7) is 6.28. The lowest BCUT2D eigenvalue weighted by Gasteiger charge is -2.40. The molecule has 7 nitrogen and oxygen atoms in total. The zero-order valence-electron chi connectivity index (χ0n) is 11.2. The lowest BCUT2D eigenvalue weighted by molar-refractivity contribution is -0.138. The number of ether oxygens (including phenoxy) is 1. The second kappa shape index (κ2) is 6.21. The molecule has 0 aromatic carbocycles. The van der Waals surface area contributed by atoms with Crippen molar-refractivity contribution in [1.29, 1.82) is 0 Å². The average Bonchev–Trinajstić information content (AvgIpc) is 2.39. The van der Waals surface area contributed by atoms with Crippen LogP contribution in [0.3, 0.4) is 0 Å². The number of morpholine rings is 1. The van der Waals surface area contributed by atoms with Crippen molar-refractivity contribution in [2.75, 3.05) is 52.5 Å². The summed E-state index contributed by atoms with van der Waals surface area (Å²) in [6, 6.07) is 0.157. The molecule has 0 aromatic rings. The number of nitrogens with zero attached hydrogens (tertiary/aromatic N) is 3. The maximum absolute atomic E-state index is 12.4. The van der Waals surface area contributed by atoms with Crippen LogP contribution in [0.5, 0.6) is 0 Å². The number of rotatable bonds is 2. The van der Waals surface area contributed by atoms with Crippen molar-refractivity contribution >= 4 is 12.0 Å². The highest BCUT2D eigenvalue weighted by Crippen LogP contribution is 2.12. The van der Waals surface area contributed by atoms with Crippen LogP contribution in [-0.4, -0.2) is 90.3 Å². The minimum absolute atomic E-state index is 0.0470. The number of carboxylic acids is 1. The van der Waals surface area contributed by atoms with Gasteiger partial charge in [-0.15, -0.1) is 0 Å². The Balaban J connectivity index is 1.83. The smallest absolute Gasteiger partial charge is 0.320 e. The molecule has 7 heteroatoms. The number of carboxylic acid groups (broad SMARTS) is 1. The van der Waals surface area contributed by atoms with E-state index in [-0.39, 0.29) is 18.6 Å². The molecule has 2 saturated heterocycles. The Bertz CT molecular complexity index is 342. The van der Waals surface area contributed by atoms with Gasteiger partial charge in [0.1, 0.15) is 0 Å². The third kappa shape index (κ3) is 3.57. The van der Waals surface area contributed by atoms with Gasteiger partial charge in [-0.1, -0.05) is 0 Å². The van der Waals surface area contributed by atoms with Crippen LogP contribution in [0.4, 0.5) is 4.79 Å². The molecule has 19 heavy (non-hydrogen) atoms. The standard InChI is InChI=1S/C12H21N3O4/c1-10-9-19-7-6-15(10)12(18)14-4-2-13(3-5-14)8-11(16)17/h10H,2-9H2,1H3,(H,16,17). The van der Waals surface area contributed by atoms with E-state index in [1.807, 2.05) is 16.7 Å². The maximum Gasteiger partial charge on any atom is 0.320 e. The van der Waals surface area contributed by atoms with E-state index in [0.29, 0.717) is 45.9 Å². The maximum atomic E-state index is 12.4. The SMILES string of the molecule is CC1COCCN1C(=O)N1CCN(CC(=O)O)CC1. The van der Waals surface area contributed by atoms with Crippen LogP contribution in [0.25, 0.3) is 0 Å². The average molecular weight is 271 g/mol. The second-order valence-corrected chi connectivity index (χ2v) is 5.06. The van der Waals surface area contributed by atoms with Gasteiger partial charge < -0.3 is 19.6 Å². The lowest BCUT2D eigenvalue weighted by Crippen LogP contribution is -2.57. The Morgan fingerprint density at radius 1 is 1.21 bits per heavy atom. The molecule has 2 heterocycles. The Labute approximate surface area is 112 Å². The molecule has 1 atom stereocenters. The Hall–Kier alpha value is -1.34. The van der Waals surface area contributed by atoms with E-state index in [1.165, 1.54) is 0 Å². The molecule has 0 bridgehead atoms. The van der Waals surface area contributed by atoms with Gasteiger partial charge in [-0.05, 0) is 6.92 Å². The van der Waals surface area contributed by atoms with Crippen LogP contribution in [0.15, 0.2) is 0 Å². The highest BCUT2D eigenvalue weighted by Gasteiger charge is 2.30. The molecule has 2 rings (SSSR count). The number of carbonyl (C=O) groups excluding carboxylic acids is 1. The molecule has 2 fully saturated rings. The van der Waals surface area contributed by atoms with E-state index in [2.05, 4.69) is 0 Å². The second-order valence-electron chi connectivity index (χ2n) is 5.06. The van der Waals surface area contributed by atoms with Crippen molar-refractivity contribution in [1.82, 2.24) is 14.7 Å². The third-order valence-corrected chi connectivity index (χ3v) is 3.62. The summed E-state index contributed by atoms with van der Waals surface area (Å²) < 4.78 is 5.32. The van der Waals surface area contributed by atoms with Crippen LogP contribution in [0.2, 0.25) is 0 Å². The zero-order chi connectivity index (χ0) is 13.8. The van der Waals surface area contributed by atoms with Crippen molar-refractivity contribution in [3.05, 3.63) is 0 Å². The fourth-order valence-electron chi connectivity index (χ4n) is 2.48. The van der Waals surface area contributed by atoms with Crippen LogP contribution < -0.4 is 0 Å². The Morgan fingerprint density at radius 3 is 2.47 bits per heavy atom. The first-order valence-corrected chi connectivity index (χ1v) is 6.65. The first kappa shape index (κ1) is 14.1. The van der Waals surface area contributed by atoms with Crippen LogP contribution >= 0.6 is 0 Å². The normalized spacial score (nSPS) is 25.4. The topological polar surface area (TPSA) is 73.3 Å². The molecular weight excluding hydrogens is 250 g/mol. The van der Waals surface area contributed by atoms with Crippen LogP contribution in [0.1, 0.15) is 6.92 Å². The van der Waals surface area contributed by atoms with Gasteiger partial charge in [-0.25, -0.2) is 4.79 Å². The van der Waals surface area contributed by atoms with Crippen molar-refractivity contribution in [2.45, 2.75) is 13.0 Å².